The number of benzene rings is 2. The number of piperazine rings is 1. The molecule has 1 aliphatic rings. The highest BCUT2D eigenvalue weighted by atomic mass is 19.4. The molecule has 200 valence electrons. The molecule has 1 N–H and O–H groups in total. The summed E-state index contributed by atoms with van der Waals surface area (Å²) in [4.78, 5) is 38.3. The predicted molar refractivity (Wildman–Crippen MR) is 136 cm³/mol. The first-order valence-corrected chi connectivity index (χ1v) is 12.1. The van der Waals surface area contributed by atoms with Gasteiger partial charge in [0.05, 0.1) is 36.2 Å². The normalized spacial score (nSPS) is 14.8. The highest BCUT2D eigenvalue weighted by molar-refractivity contribution is 6.00. The zero-order valence-electron chi connectivity index (χ0n) is 21.1. The lowest BCUT2D eigenvalue weighted by Gasteiger charge is -2.31. The van der Waals surface area contributed by atoms with Gasteiger partial charge >= 0.3 is 6.36 Å². The first-order valence-electron chi connectivity index (χ1n) is 12.1. The number of halogens is 3. The van der Waals surface area contributed by atoms with Crippen molar-refractivity contribution in [2.45, 2.75) is 19.7 Å². The SMILES string of the molecule is Cc1cccc(-c2cnc(CC(=O)c3ccc(OC(F)(F)F)c(NC(=O)CN4CCN(C)CC4)c3)cn2)c1. The van der Waals surface area contributed by atoms with Crippen LogP contribution < -0.4 is 10.1 Å². The Morgan fingerprint density at radius 1 is 1.03 bits per heavy atom. The van der Waals surface area contributed by atoms with Crippen molar-refractivity contribution in [1.29, 1.82) is 0 Å². The first-order chi connectivity index (χ1) is 18.1. The van der Waals surface area contributed by atoms with Crippen LogP contribution in [0.3, 0.4) is 0 Å². The molecule has 38 heavy (non-hydrogen) atoms. The number of aromatic nitrogens is 2. The number of ether oxygens (including phenoxy) is 1. The van der Waals surface area contributed by atoms with Crippen LogP contribution in [-0.2, 0) is 11.2 Å². The number of carbonyl (C=O) groups is 2. The minimum atomic E-state index is -4.96. The monoisotopic (exact) mass is 527 g/mol. The summed E-state index contributed by atoms with van der Waals surface area (Å²) in [6.07, 6.45) is -2.01. The van der Waals surface area contributed by atoms with Crippen LogP contribution in [0.5, 0.6) is 5.75 Å². The number of carbonyl (C=O) groups excluding carboxylic acids is 2. The summed E-state index contributed by atoms with van der Waals surface area (Å²) in [6, 6.07) is 11.2. The Kier molecular flexibility index (Phi) is 8.38. The van der Waals surface area contributed by atoms with E-state index in [0.29, 0.717) is 24.5 Å². The van der Waals surface area contributed by atoms with Crippen molar-refractivity contribution in [2.24, 2.45) is 0 Å². The molecule has 8 nitrogen and oxygen atoms in total. The van der Waals surface area contributed by atoms with Gasteiger partial charge in [0.15, 0.2) is 11.5 Å². The molecule has 2 aromatic carbocycles. The third-order valence-electron chi connectivity index (χ3n) is 6.13. The minimum absolute atomic E-state index is 0.0142. The van der Waals surface area contributed by atoms with E-state index < -0.39 is 23.8 Å². The molecule has 1 aromatic heterocycles. The zero-order chi connectivity index (χ0) is 27.3. The summed E-state index contributed by atoms with van der Waals surface area (Å²) < 4.78 is 43.0. The number of anilines is 1. The molecule has 0 unspecified atom stereocenters. The predicted octanol–water partition coefficient (Wildman–Crippen LogP) is 3.96. The summed E-state index contributed by atoms with van der Waals surface area (Å²) in [6.45, 7) is 4.89. The second-order valence-corrected chi connectivity index (χ2v) is 9.25. The Balaban J connectivity index is 1.47. The van der Waals surface area contributed by atoms with E-state index in [2.05, 4.69) is 24.9 Å². The smallest absolute Gasteiger partial charge is 0.404 e. The number of aryl methyl sites for hydroxylation is 1. The molecule has 0 atom stereocenters. The number of nitrogens with zero attached hydrogens (tertiary/aromatic N) is 4. The molecule has 0 aliphatic carbocycles. The van der Waals surface area contributed by atoms with Crippen LogP contribution in [0.15, 0.2) is 54.9 Å². The lowest BCUT2D eigenvalue weighted by Crippen LogP contribution is -2.47. The van der Waals surface area contributed by atoms with Gasteiger partial charge in [-0.1, -0.05) is 23.8 Å². The van der Waals surface area contributed by atoms with Gasteiger partial charge in [-0.3, -0.25) is 24.5 Å². The Labute approximate surface area is 218 Å². The van der Waals surface area contributed by atoms with Gasteiger partial charge in [-0.25, -0.2) is 0 Å². The Morgan fingerprint density at radius 3 is 2.45 bits per heavy atom. The Morgan fingerprint density at radius 2 is 1.79 bits per heavy atom. The maximum atomic E-state index is 13.0. The number of amides is 1. The van der Waals surface area contributed by atoms with Crippen LogP contribution >= 0.6 is 0 Å². The lowest BCUT2D eigenvalue weighted by atomic mass is 10.1. The van der Waals surface area contributed by atoms with Gasteiger partial charge in [0.1, 0.15) is 0 Å². The summed E-state index contributed by atoms with van der Waals surface area (Å²) in [7, 11) is 1.98. The quantitative estimate of drug-likeness (QED) is 0.444. The van der Waals surface area contributed by atoms with Gasteiger partial charge in [0.2, 0.25) is 5.91 Å². The van der Waals surface area contributed by atoms with Gasteiger partial charge in [-0.15, -0.1) is 13.2 Å². The number of ketones is 1. The van der Waals surface area contributed by atoms with Gasteiger partial charge in [-0.05, 0) is 38.2 Å². The van der Waals surface area contributed by atoms with Crippen molar-refractivity contribution in [3.63, 3.8) is 0 Å². The van der Waals surface area contributed by atoms with E-state index in [1.807, 2.05) is 43.1 Å². The fourth-order valence-corrected chi connectivity index (χ4v) is 4.08. The van der Waals surface area contributed by atoms with Gasteiger partial charge < -0.3 is 15.0 Å². The van der Waals surface area contributed by atoms with Gasteiger partial charge in [0, 0.05) is 43.5 Å². The largest absolute Gasteiger partial charge is 0.573 e. The molecule has 0 spiro atoms. The minimum Gasteiger partial charge on any atom is -0.404 e. The molecule has 0 saturated carbocycles. The van der Waals surface area contributed by atoms with Crippen LogP contribution in [0.2, 0.25) is 0 Å². The summed E-state index contributed by atoms with van der Waals surface area (Å²) in [5, 5.41) is 2.48. The van der Waals surface area contributed by atoms with Crippen LogP contribution in [0.25, 0.3) is 11.3 Å². The molecule has 1 aliphatic heterocycles. The average Bonchev–Trinajstić information content (AvgIpc) is 2.86. The molecule has 4 rings (SSSR count). The van der Waals surface area contributed by atoms with Crippen LogP contribution in [0.1, 0.15) is 21.6 Å². The van der Waals surface area contributed by atoms with Crippen molar-refractivity contribution < 1.29 is 27.5 Å². The first kappa shape index (κ1) is 27.2. The lowest BCUT2D eigenvalue weighted by molar-refractivity contribution is -0.274. The van der Waals surface area contributed by atoms with E-state index in [0.717, 1.165) is 30.3 Å². The summed E-state index contributed by atoms with van der Waals surface area (Å²) in [5.74, 6) is -1.48. The van der Waals surface area contributed by atoms with E-state index in [1.54, 1.807) is 6.20 Å². The number of hydrogen-bond donors (Lipinski definition) is 1. The summed E-state index contributed by atoms with van der Waals surface area (Å²) in [5.41, 5.74) is 2.92. The molecule has 0 bridgehead atoms. The maximum Gasteiger partial charge on any atom is 0.573 e. The number of rotatable bonds is 8. The van der Waals surface area contributed by atoms with Crippen molar-refractivity contribution in [1.82, 2.24) is 19.8 Å². The molecule has 1 fully saturated rings. The number of Topliss-reactive ketones (excluding diaryl/α,β-unsaturated/α-hetero) is 1. The topological polar surface area (TPSA) is 87.7 Å². The van der Waals surface area contributed by atoms with Crippen molar-refractivity contribution >= 4 is 17.4 Å². The Hall–Kier alpha value is -3.83. The zero-order valence-corrected chi connectivity index (χ0v) is 21.1. The highest BCUT2D eigenvalue weighted by Gasteiger charge is 2.32. The van der Waals surface area contributed by atoms with Crippen LogP contribution in [0, 0.1) is 6.92 Å². The van der Waals surface area contributed by atoms with Gasteiger partial charge in [0.25, 0.3) is 0 Å². The Bertz CT molecular complexity index is 1290. The van der Waals surface area contributed by atoms with Crippen LogP contribution in [-0.4, -0.2) is 77.6 Å². The molecule has 11 heteroatoms. The average molecular weight is 528 g/mol. The van der Waals surface area contributed by atoms with E-state index in [-0.39, 0.29) is 24.2 Å². The third kappa shape index (κ3) is 7.59. The van der Waals surface area contributed by atoms with Crippen molar-refractivity contribution in [2.75, 3.05) is 45.1 Å². The van der Waals surface area contributed by atoms with E-state index in [4.69, 9.17) is 0 Å². The van der Waals surface area contributed by atoms with E-state index in [1.165, 1.54) is 18.3 Å². The summed E-state index contributed by atoms with van der Waals surface area (Å²) >= 11 is 0. The fraction of sp³-hybridized carbons (Fsp3) is 0.333. The molecule has 3 aromatic rings. The molecule has 1 amide bonds. The van der Waals surface area contributed by atoms with Crippen molar-refractivity contribution in [3.05, 3.63) is 71.7 Å². The molecule has 2 heterocycles. The maximum absolute atomic E-state index is 13.0. The van der Waals surface area contributed by atoms with E-state index in [9.17, 15) is 22.8 Å². The fourth-order valence-electron chi connectivity index (χ4n) is 4.08. The number of alkyl halides is 3. The standard InChI is InChI=1S/C27H28F3N5O3/c1-18-4-3-5-19(12-18)23-16-31-21(15-32-23)14-24(36)20-6-7-25(38-27(28,29)30)22(13-20)33-26(37)17-35-10-8-34(2)9-11-35/h3-7,12-13,15-16H,8-11,14,17H2,1-2H3,(H,33,37). The second kappa shape index (κ2) is 11.7. The molecular formula is C27H28F3N5O3. The van der Waals surface area contributed by atoms with Crippen molar-refractivity contribution in [3.8, 4) is 17.0 Å². The van der Waals surface area contributed by atoms with Crippen LogP contribution in [0.4, 0.5) is 18.9 Å². The number of nitrogens with one attached hydrogen (secondary N) is 1. The van der Waals surface area contributed by atoms with Gasteiger partial charge in [-0.2, -0.15) is 0 Å². The molecule has 1 saturated heterocycles. The second-order valence-electron chi connectivity index (χ2n) is 9.25. The number of hydrogen-bond acceptors (Lipinski definition) is 7. The molecule has 0 radical (unpaired) electrons. The highest BCUT2D eigenvalue weighted by Crippen LogP contribution is 2.31. The third-order valence-corrected chi connectivity index (χ3v) is 6.13. The van der Waals surface area contributed by atoms with E-state index >= 15 is 0 Å². The number of likely N-dealkylation sites (N-methyl/N-ethyl adjacent to an activating group) is 1. The molecular weight excluding hydrogens is 499 g/mol.